The third kappa shape index (κ3) is 3.97. The lowest BCUT2D eigenvalue weighted by Crippen LogP contribution is -2.68. The monoisotopic (exact) mass is 324 g/mol. The smallest absolute Gasteiger partial charge is 0.222 e. The van der Waals surface area contributed by atoms with Gasteiger partial charge in [0.15, 0.2) is 5.96 Å². The van der Waals surface area contributed by atoms with Crippen LogP contribution in [0.1, 0.15) is 46.5 Å². The number of guanidine groups is 1. The zero-order valence-electron chi connectivity index (χ0n) is 14.9. The SMILES string of the molecule is CCOC1CC(NC(=NC)NCCNC(=O)C(C)C)C12CCC2. The van der Waals surface area contributed by atoms with Gasteiger partial charge in [0.2, 0.25) is 5.91 Å². The van der Waals surface area contributed by atoms with Gasteiger partial charge in [-0.15, -0.1) is 0 Å². The first-order valence-electron chi connectivity index (χ1n) is 8.90. The molecule has 2 unspecified atom stereocenters. The van der Waals surface area contributed by atoms with E-state index in [-0.39, 0.29) is 11.8 Å². The molecule has 2 atom stereocenters. The van der Waals surface area contributed by atoms with Crippen LogP contribution in [0, 0.1) is 11.3 Å². The molecule has 0 aromatic carbocycles. The number of nitrogens with zero attached hydrogens (tertiary/aromatic N) is 1. The zero-order chi connectivity index (χ0) is 16.9. The first kappa shape index (κ1) is 18.0. The highest BCUT2D eigenvalue weighted by Gasteiger charge is 2.59. The van der Waals surface area contributed by atoms with Crippen LogP contribution in [0.15, 0.2) is 4.99 Å². The topological polar surface area (TPSA) is 74.8 Å². The average Bonchev–Trinajstić information content (AvgIpc) is 2.46. The summed E-state index contributed by atoms with van der Waals surface area (Å²) in [6.45, 7) is 7.93. The van der Waals surface area contributed by atoms with E-state index in [1.54, 1.807) is 7.05 Å². The second-order valence-corrected chi connectivity index (χ2v) is 6.91. The predicted octanol–water partition coefficient (Wildman–Crippen LogP) is 1.27. The third-order valence-corrected chi connectivity index (χ3v) is 5.21. The lowest BCUT2D eigenvalue weighted by atomic mass is 9.51. The molecular weight excluding hydrogens is 292 g/mol. The Morgan fingerprint density at radius 1 is 1.30 bits per heavy atom. The number of hydrogen-bond donors (Lipinski definition) is 3. The molecule has 0 saturated heterocycles. The summed E-state index contributed by atoms with van der Waals surface area (Å²) in [7, 11) is 1.79. The fourth-order valence-corrected chi connectivity index (χ4v) is 3.57. The van der Waals surface area contributed by atoms with Crippen molar-refractivity contribution in [3.63, 3.8) is 0 Å². The van der Waals surface area contributed by atoms with Gasteiger partial charge in [-0.1, -0.05) is 20.3 Å². The summed E-state index contributed by atoms with van der Waals surface area (Å²) >= 11 is 0. The number of hydrogen-bond acceptors (Lipinski definition) is 3. The van der Waals surface area contributed by atoms with Crippen LogP contribution in [0.2, 0.25) is 0 Å². The Morgan fingerprint density at radius 3 is 2.52 bits per heavy atom. The van der Waals surface area contributed by atoms with E-state index in [0.717, 1.165) is 19.0 Å². The van der Waals surface area contributed by atoms with Gasteiger partial charge in [-0.2, -0.15) is 0 Å². The van der Waals surface area contributed by atoms with Crippen LogP contribution in [0.25, 0.3) is 0 Å². The van der Waals surface area contributed by atoms with Crippen molar-refractivity contribution in [2.45, 2.75) is 58.6 Å². The van der Waals surface area contributed by atoms with E-state index in [2.05, 4.69) is 27.9 Å². The van der Waals surface area contributed by atoms with E-state index >= 15 is 0 Å². The van der Waals surface area contributed by atoms with Crippen LogP contribution in [-0.4, -0.2) is 50.8 Å². The van der Waals surface area contributed by atoms with E-state index in [0.29, 0.717) is 30.7 Å². The summed E-state index contributed by atoms with van der Waals surface area (Å²) in [5.41, 5.74) is 0.319. The minimum Gasteiger partial charge on any atom is -0.378 e. The highest BCUT2D eigenvalue weighted by Crippen LogP contribution is 2.57. The van der Waals surface area contributed by atoms with Gasteiger partial charge in [0, 0.05) is 44.1 Å². The van der Waals surface area contributed by atoms with Crippen molar-refractivity contribution in [2.24, 2.45) is 16.3 Å². The number of carbonyl (C=O) groups is 1. The van der Waals surface area contributed by atoms with Crippen LogP contribution in [0.4, 0.5) is 0 Å². The Bertz CT molecular complexity index is 432. The predicted molar refractivity (Wildman–Crippen MR) is 92.4 cm³/mol. The van der Waals surface area contributed by atoms with Gasteiger partial charge in [0.25, 0.3) is 0 Å². The second kappa shape index (κ2) is 7.99. The zero-order valence-corrected chi connectivity index (χ0v) is 14.9. The molecule has 0 aromatic rings. The molecule has 0 bridgehead atoms. The van der Waals surface area contributed by atoms with E-state index in [1.165, 1.54) is 19.3 Å². The molecule has 0 aromatic heterocycles. The van der Waals surface area contributed by atoms with E-state index in [9.17, 15) is 4.79 Å². The maximum absolute atomic E-state index is 11.5. The molecule has 2 rings (SSSR count). The van der Waals surface area contributed by atoms with Crippen molar-refractivity contribution in [3.8, 4) is 0 Å². The largest absolute Gasteiger partial charge is 0.378 e. The molecule has 2 saturated carbocycles. The number of aliphatic imine (C=N–C) groups is 1. The molecule has 0 radical (unpaired) electrons. The molecule has 2 aliphatic carbocycles. The van der Waals surface area contributed by atoms with Crippen molar-refractivity contribution in [1.82, 2.24) is 16.0 Å². The molecule has 0 heterocycles. The fraction of sp³-hybridized carbons (Fsp3) is 0.882. The minimum absolute atomic E-state index is 0.0244. The van der Waals surface area contributed by atoms with Crippen LogP contribution in [0.3, 0.4) is 0 Å². The minimum atomic E-state index is 0.0244. The molecule has 6 nitrogen and oxygen atoms in total. The molecule has 0 aliphatic heterocycles. The maximum atomic E-state index is 11.5. The Labute approximate surface area is 139 Å². The van der Waals surface area contributed by atoms with Gasteiger partial charge < -0.3 is 20.7 Å². The lowest BCUT2D eigenvalue weighted by Gasteiger charge is -2.61. The van der Waals surface area contributed by atoms with Crippen molar-refractivity contribution < 1.29 is 9.53 Å². The third-order valence-electron chi connectivity index (χ3n) is 5.21. The number of ether oxygens (including phenoxy) is 1. The first-order valence-corrected chi connectivity index (χ1v) is 8.90. The molecule has 2 aliphatic rings. The van der Waals surface area contributed by atoms with Crippen LogP contribution in [0.5, 0.6) is 0 Å². The molecule has 2 fully saturated rings. The number of amides is 1. The standard InChI is InChI=1S/C17H32N4O2/c1-5-23-14-11-13(17(14)7-6-8-17)21-16(18-4)20-10-9-19-15(22)12(2)3/h12-14H,5-11H2,1-4H3,(H,19,22)(H2,18,20,21). The Kier molecular flexibility index (Phi) is 6.27. The molecule has 23 heavy (non-hydrogen) atoms. The molecule has 1 spiro atoms. The number of nitrogens with one attached hydrogen (secondary N) is 3. The van der Waals surface area contributed by atoms with Gasteiger partial charge in [0.1, 0.15) is 0 Å². The molecule has 1 amide bonds. The quantitative estimate of drug-likeness (QED) is 0.374. The van der Waals surface area contributed by atoms with Gasteiger partial charge in [0.05, 0.1) is 6.10 Å². The molecule has 132 valence electrons. The van der Waals surface area contributed by atoms with Gasteiger partial charge in [-0.3, -0.25) is 9.79 Å². The molecule has 6 heteroatoms. The summed E-state index contributed by atoms with van der Waals surface area (Å²) in [6.07, 6.45) is 5.25. The summed E-state index contributed by atoms with van der Waals surface area (Å²) < 4.78 is 5.88. The maximum Gasteiger partial charge on any atom is 0.222 e. The molecular formula is C17H32N4O2. The Morgan fingerprint density at radius 2 is 2.00 bits per heavy atom. The lowest BCUT2D eigenvalue weighted by molar-refractivity contribution is -0.168. The number of carbonyl (C=O) groups excluding carboxylic acids is 1. The summed E-state index contributed by atoms with van der Waals surface area (Å²) in [5.74, 6) is 0.924. The second-order valence-electron chi connectivity index (χ2n) is 6.91. The van der Waals surface area contributed by atoms with Crippen LogP contribution in [-0.2, 0) is 9.53 Å². The van der Waals surface area contributed by atoms with Crippen molar-refractivity contribution in [3.05, 3.63) is 0 Å². The highest BCUT2D eigenvalue weighted by atomic mass is 16.5. The Hall–Kier alpha value is -1.30. The first-order chi connectivity index (χ1) is 11.0. The highest BCUT2D eigenvalue weighted by molar-refractivity contribution is 5.80. The van der Waals surface area contributed by atoms with Crippen molar-refractivity contribution in [1.29, 1.82) is 0 Å². The van der Waals surface area contributed by atoms with Crippen molar-refractivity contribution in [2.75, 3.05) is 26.7 Å². The summed E-state index contributed by atoms with van der Waals surface area (Å²) in [5, 5.41) is 9.72. The number of rotatable bonds is 7. The normalized spacial score (nSPS) is 25.7. The van der Waals surface area contributed by atoms with E-state index in [4.69, 9.17) is 4.74 Å². The van der Waals surface area contributed by atoms with Gasteiger partial charge in [-0.05, 0) is 26.2 Å². The van der Waals surface area contributed by atoms with E-state index in [1.807, 2.05) is 13.8 Å². The summed E-state index contributed by atoms with van der Waals surface area (Å²) in [4.78, 5) is 15.8. The van der Waals surface area contributed by atoms with Crippen molar-refractivity contribution >= 4 is 11.9 Å². The van der Waals surface area contributed by atoms with Crippen LogP contribution >= 0.6 is 0 Å². The van der Waals surface area contributed by atoms with Crippen LogP contribution < -0.4 is 16.0 Å². The molecule has 3 N–H and O–H groups in total. The summed E-state index contributed by atoms with van der Waals surface area (Å²) in [6, 6.07) is 0.448. The van der Waals surface area contributed by atoms with E-state index < -0.39 is 0 Å². The van der Waals surface area contributed by atoms with Gasteiger partial charge in [-0.25, -0.2) is 0 Å². The van der Waals surface area contributed by atoms with Gasteiger partial charge >= 0.3 is 0 Å². The fourth-order valence-electron chi connectivity index (χ4n) is 3.57. The Balaban J connectivity index is 1.72. The average molecular weight is 324 g/mol.